The molecule has 1 N–H and O–H groups in total. The fraction of sp³-hybridized carbons (Fsp3) is 0.435. The second kappa shape index (κ2) is 8.68. The summed E-state index contributed by atoms with van der Waals surface area (Å²) in [6.07, 6.45) is 0. The lowest BCUT2D eigenvalue weighted by Gasteiger charge is -2.35. The predicted molar refractivity (Wildman–Crippen MR) is 109 cm³/mol. The molecule has 2 aromatic rings. The number of rotatable bonds is 6. The van der Waals surface area contributed by atoms with Crippen LogP contribution in [-0.2, 0) is 14.9 Å². The molecule has 1 unspecified atom stereocenters. The van der Waals surface area contributed by atoms with Crippen LogP contribution in [0.4, 0.5) is 0 Å². The molecule has 144 valence electrons. The third kappa shape index (κ3) is 4.76. The van der Waals surface area contributed by atoms with Crippen LogP contribution in [0.1, 0.15) is 36.6 Å². The van der Waals surface area contributed by atoms with Crippen molar-refractivity contribution in [3.05, 3.63) is 71.3 Å². The molecule has 0 aliphatic carbocycles. The summed E-state index contributed by atoms with van der Waals surface area (Å²) >= 11 is 0. The number of carbonyl (C=O) groups excluding carboxylic acids is 1. The Morgan fingerprint density at radius 3 is 2.33 bits per heavy atom. The van der Waals surface area contributed by atoms with Gasteiger partial charge in [0.05, 0.1) is 24.7 Å². The molecular weight excluding hydrogens is 336 g/mol. The summed E-state index contributed by atoms with van der Waals surface area (Å²) < 4.78 is 5.51. The average Bonchev–Trinajstić information content (AvgIpc) is 2.70. The Labute approximate surface area is 162 Å². The van der Waals surface area contributed by atoms with Gasteiger partial charge in [0.2, 0.25) is 5.91 Å². The lowest BCUT2D eigenvalue weighted by Crippen LogP contribution is -2.47. The summed E-state index contributed by atoms with van der Waals surface area (Å²) in [7, 11) is 0. The van der Waals surface area contributed by atoms with Crippen molar-refractivity contribution in [1.29, 1.82) is 0 Å². The van der Waals surface area contributed by atoms with Crippen LogP contribution in [0.25, 0.3) is 0 Å². The molecule has 27 heavy (non-hydrogen) atoms. The van der Waals surface area contributed by atoms with E-state index in [0.717, 1.165) is 31.9 Å². The highest BCUT2D eigenvalue weighted by Gasteiger charge is 2.31. The standard InChI is InChI=1S/C23H30N2O2/c1-18-9-11-19(12-10-18)21(25-13-15-27-16-14-25)17-24-22(26)23(2,3)20-7-5-4-6-8-20/h4-12,21H,13-17H2,1-3H3,(H,24,26). The van der Waals surface area contributed by atoms with Gasteiger partial charge >= 0.3 is 0 Å². The summed E-state index contributed by atoms with van der Waals surface area (Å²) in [5, 5.41) is 3.21. The van der Waals surface area contributed by atoms with Crippen molar-refractivity contribution in [3.63, 3.8) is 0 Å². The number of carbonyl (C=O) groups is 1. The number of ether oxygens (including phenoxy) is 1. The van der Waals surface area contributed by atoms with Gasteiger partial charge < -0.3 is 10.1 Å². The molecule has 2 aromatic carbocycles. The number of hydrogen-bond donors (Lipinski definition) is 1. The summed E-state index contributed by atoms with van der Waals surface area (Å²) in [5.74, 6) is 0.0547. The first-order valence-corrected chi connectivity index (χ1v) is 9.70. The van der Waals surface area contributed by atoms with Crippen molar-refractivity contribution in [1.82, 2.24) is 10.2 Å². The quantitative estimate of drug-likeness (QED) is 0.851. The molecule has 3 rings (SSSR count). The van der Waals surface area contributed by atoms with Gasteiger partial charge in [-0.25, -0.2) is 0 Å². The van der Waals surface area contributed by atoms with Crippen LogP contribution in [0.3, 0.4) is 0 Å². The first-order chi connectivity index (χ1) is 13.0. The molecular formula is C23H30N2O2. The molecule has 4 nitrogen and oxygen atoms in total. The highest BCUT2D eigenvalue weighted by Crippen LogP contribution is 2.25. The molecule has 0 radical (unpaired) electrons. The number of nitrogens with one attached hydrogen (secondary N) is 1. The highest BCUT2D eigenvalue weighted by atomic mass is 16.5. The van der Waals surface area contributed by atoms with E-state index < -0.39 is 5.41 Å². The number of amides is 1. The maximum absolute atomic E-state index is 13.0. The number of benzene rings is 2. The van der Waals surface area contributed by atoms with Crippen molar-refractivity contribution in [2.45, 2.75) is 32.2 Å². The van der Waals surface area contributed by atoms with E-state index in [9.17, 15) is 4.79 Å². The molecule has 1 aliphatic heterocycles. The molecule has 0 bridgehead atoms. The van der Waals surface area contributed by atoms with Crippen LogP contribution in [-0.4, -0.2) is 43.7 Å². The summed E-state index contributed by atoms with van der Waals surface area (Å²) in [4.78, 5) is 15.4. The zero-order valence-corrected chi connectivity index (χ0v) is 16.6. The van der Waals surface area contributed by atoms with Crippen LogP contribution >= 0.6 is 0 Å². The van der Waals surface area contributed by atoms with Crippen LogP contribution in [0.15, 0.2) is 54.6 Å². The van der Waals surface area contributed by atoms with Crippen LogP contribution in [0.2, 0.25) is 0 Å². The van der Waals surface area contributed by atoms with Crippen molar-refractivity contribution in [3.8, 4) is 0 Å². The van der Waals surface area contributed by atoms with E-state index in [1.807, 2.05) is 44.2 Å². The first kappa shape index (κ1) is 19.6. The molecule has 4 heteroatoms. The van der Waals surface area contributed by atoms with Crippen LogP contribution in [0, 0.1) is 6.92 Å². The van der Waals surface area contributed by atoms with Gasteiger partial charge in [-0.05, 0) is 31.9 Å². The molecule has 0 spiro atoms. The molecule has 0 saturated carbocycles. The highest BCUT2D eigenvalue weighted by molar-refractivity contribution is 5.87. The Bertz CT molecular complexity index is 735. The predicted octanol–water partition coefficient (Wildman–Crippen LogP) is 3.46. The number of hydrogen-bond acceptors (Lipinski definition) is 3. The first-order valence-electron chi connectivity index (χ1n) is 9.70. The minimum Gasteiger partial charge on any atom is -0.379 e. The molecule has 1 saturated heterocycles. The van der Waals surface area contributed by atoms with E-state index in [0.29, 0.717) is 6.54 Å². The van der Waals surface area contributed by atoms with Gasteiger partial charge in [-0.2, -0.15) is 0 Å². The second-order valence-electron chi connectivity index (χ2n) is 7.78. The van der Waals surface area contributed by atoms with Gasteiger partial charge in [0.15, 0.2) is 0 Å². The van der Waals surface area contributed by atoms with Crippen molar-refractivity contribution in [2.75, 3.05) is 32.8 Å². The molecule has 1 aliphatic rings. The second-order valence-corrected chi connectivity index (χ2v) is 7.78. The molecule has 1 heterocycles. The minimum atomic E-state index is -0.565. The summed E-state index contributed by atoms with van der Waals surface area (Å²) in [6, 6.07) is 18.7. The summed E-state index contributed by atoms with van der Waals surface area (Å²) in [5.41, 5.74) is 2.94. The number of aryl methyl sites for hydroxylation is 1. The molecule has 0 aromatic heterocycles. The van der Waals surface area contributed by atoms with Crippen LogP contribution in [0.5, 0.6) is 0 Å². The van der Waals surface area contributed by atoms with Gasteiger partial charge in [0.1, 0.15) is 0 Å². The molecule has 1 atom stereocenters. The van der Waals surface area contributed by atoms with E-state index in [-0.39, 0.29) is 11.9 Å². The molecule has 1 fully saturated rings. The third-order valence-electron chi connectivity index (χ3n) is 5.47. The van der Waals surface area contributed by atoms with Gasteiger partial charge in [-0.3, -0.25) is 9.69 Å². The Balaban J connectivity index is 1.74. The lowest BCUT2D eigenvalue weighted by atomic mass is 9.83. The smallest absolute Gasteiger partial charge is 0.230 e. The van der Waals surface area contributed by atoms with Crippen molar-refractivity contribution >= 4 is 5.91 Å². The third-order valence-corrected chi connectivity index (χ3v) is 5.47. The number of morpholine rings is 1. The Kier molecular flexibility index (Phi) is 6.30. The van der Waals surface area contributed by atoms with Gasteiger partial charge in [-0.15, -0.1) is 0 Å². The largest absolute Gasteiger partial charge is 0.379 e. The minimum absolute atomic E-state index is 0.0547. The Hall–Kier alpha value is -2.17. The van der Waals surface area contributed by atoms with E-state index in [4.69, 9.17) is 4.74 Å². The van der Waals surface area contributed by atoms with E-state index in [1.54, 1.807) is 0 Å². The normalized spacial score (nSPS) is 16.7. The van der Waals surface area contributed by atoms with Gasteiger partial charge in [-0.1, -0.05) is 60.2 Å². The maximum Gasteiger partial charge on any atom is 0.230 e. The average molecular weight is 367 g/mol. The fourth-order valence-corrected chi connectivity index (χ4v) is 3.53. The van der Waals surface area contributed by atoms with Gasteiger partial charge in [0.25, 0.3) is 0 Å². The zero-order chi connectivity index (χ0) is 19.3. The topological polar surface area (TPSA) is 41.6 Å². The van der Waals surface area contributed by atoms with Crippen molar-refractivity contribution < 1.29 is 9.53 Å². The van der Waals surface area contributed by atoms with E-state index in [2.05, 4.69) is 41.4 Å². The van der Waals surface area contributed by atoms with E-state index in [1.165, 1.54) is 11.1 Å². The fourth-order valence-electron chi connectivity index (χ4n) is 3.53. The SMILES string of the molecule is Cc1ccc(C(CNC(=O)C(C)(C)c2ccccc2)N2CCOCC2)cc1. The Morgan fingerprint density at radius 1 is 1.07 bits per heavy atom. The number of nitrogens with zero attached hydrogens (tertiary/aromatic N) is 1. The van der Waals surface area contributed by atoms with Crippen LogP contribution < -0.4 is 5.32 Å². The summed E-state index contributed by atoms with van der Waals surface area (Å²) in [6.45, 7) is 9.90. The van der Waals surface area contributed by atoms with Crippen molar-refractivity contribution in [2.24, 2.45) is 0 Å². The van der Waals surface area contributed by atoms with E-state index >= 15 is 0 Å². The lowest BCUT2D eigenvalue weighted by molar-refractivity contribution is -0.126. The Morgan fingerprint density at radius 2 is 1.70 bits per heavy atom. The molecule has 1 amide bonds. The maximum atomic E-state index is 13.0. The zero-order valence-electron chi connectivity index (χ0n) is 16.6. The monoisotopic (exact) mass is 366 g/mol. The van der Waals surface area contributed by atoms with Gasteiger partial charge in [0, 0.05) is 19.6 Å².